The number of aliphatic hydroxyl groups excluding tert-OH is 1. The number of carbonyl (C=O) groups is 2. The van der Waals surface area contributed by atoms with Crippen LogP contribution in [0.15, 0.2) is 73.0 Å². The number of carbonyl (C=O) groups excluding carboxylic acids is 2. The van der Waals surface area contributed by atoms with Crippen molar-refractivity contribution < 1.29 is 24.6 Å². The maximum absolute atomic E-state index is 14.6. The second-order valence-corrected chi connectivity index (χ2v) is 7.64. The van der Waals surface area contributed by atoms with E-state index in [1.165, 1.54) is 12.1 Å². The normalized spacial score (nSPS) is 19.1. The van der Waals surface area contributed by atoms with E-state index in [1.54, 1.807) is 0 Å². The second kappa shape index (κ2) is 8.01. The molecule has 7 heteroatoms. The van der Waals surface area contributed by atoms with Crippen LogP contribution in [0, 0.1) is 5.82 Å². The summed E-state index contributed by atoms with van der Waals surface area (Å²) in [6, 6.07) is 9.64. The van der Waals surface area contributed by atoms with Crippen LogP contribution in [0.3, 0.4) is 0 Å². The molecule has 1 aliphatic rings. The first-order chi connectivity index (χ1) is 17.2. The largest absolute Gasteiger partial charge is 0.392 e. The predicted molar refractivity (Wildman–Crippen MR) is 117 cm³/mol. The fourth-order valence-electron chi connectivity index (χ4n) is 4.09. The summed E-state index contributed by atoms with van der Waals surface area (Å²) < 4.78 is 47.1. The molecule has 160 valence electrons. The maximum Gasteiger partial charge on any atom is 0.274 e. The topological polar surface area (TPSA) is 83.7 Å². The molecule has 0 aliphatic heterocycles. The summed E-state index contributed by atoms with van der Waals surface area (Å²) in [5.74, 6) is -2.36. The SMILES string of the molecule is [2H]c1c([2H])c([2H])n2c(C(=O)Nc3cc(C(=O)C[C@@H]4c5ccccc5C[C@@H]4O)ccc3F)cnc2c1[2H]. The molecule has 2 aromatic carbocycles. The summed E-state index contributed by atoms with van der Waals surface area (Å²) in [5, 5.41) is 12.8. The Hall–Kier alpha value is -3.84. The molecule has 0 unspecified atom stereocenters. The average Bonchev–Trinajstić information content (AvgIpc) is 3.44. The quantitative estimate of drug-likeness (QED) is 0.466. The van der Waals surface area contributed by atoms with Crippen LogP contribution >= 0.6 is 0 Å². The van der Waals surface area contributed by atoms with Gasteiger partial charge in [0, 0.05) is 24.1 Å². The number of aliphatic hydroxyl groups is 1. The van der Waals surface area contributed by atoms with E-state index in [1.807, 2.05) is 24.3 Å². The zero-order valence-electron chi connectivity index (χ0n) is 20.7. The summed E-state index contributed by atoms with van der Waals surface area (Å²) in [6.45, 7) is 0. The van der Waals surface area contributed by atoms with E-state index in [9.17, 15) is 19.1 Å². The van der Waals surface area contributed by atoms with Crippen molar-refractivity contribution in [1.82, 2.24) is 9.38 Å². The van der Waals surface area contributed by atoms with Crippen LogP contribution in [0.25, 0.3) is 5.65 Å². The first kappa shape index (κ1) is 15.9. The smallest absolute Gasteiger partial charge is 0.274 e. The monoisotopic (exact) mass is 433 g/mol. The third-order valence-electron chi connectivity index (χ3n) is 5.69. The lowest BCUT2D eigenvalue weighted by atomic mass is 9.91. The minimum Gasteiger partial charge on any atom is -0.392 e. The van der Waals surface area contributed by atoms with E-state index in [0.29, 0.717) is 6.42 Å². The van der Waals surface area contributed by atoms with Crippen LogP contribution in [0.2, 0.25) is 0 Å². The first-order valence-electron chi connectivity index (χ1n) is 12.0. The van der Waals surface area contributed by atoms with Crippen LogP contribution in [0.1, 0.15) is 49.8 Å². The molecule has 5 rings (SSSR count). The van der Waals surface area contributed by atoms with Crippen LogP contribution in [-0.4, -0.2) is 32.3 Å². The lowest BCUT2D eigenvalue weighted by molar-refractivity contribution is 0.0920. The highest BCUT2D eigenvalue weighted by atomic mass is 19.1. The van der Waals surface area contributed by atoms with Gasteiger partial charge in [0.15, 0.2) is 5.78 Å². The Morgan fingerprint density at radius 3 is 2.97 bits per heavy atom. The molecule has 1 aliphatic carbocycles. The summed E-state index contributed by atoms with van der Waals surface area (Å²) in [5.41, 5.74) is 1.41. The number of nitrogens with one attached hydrogen (secondary N) is 1. The van der Waals surface area contributed by atoms with E-state index in [4.69, 9.17) is 5.48 Å². The van der Waals surface area contributed by atoms with Gasteiger partial charge in [-0.05, 0) is 47.8 Å². The number of nitrogens with zero attached hydrogens (tertiary/aromatic N) is 2. The molecule has 2 atom stereocenters. The highest BCUT2D eigenvalue weighted by Crippen LogP contribution is 2.36. The van der Waals surface area contributed by atoms with Crippen molar-refractivity contribution in [1.29, 1.82) is 0 Å². The number of Topliss-reactive ketones (excluding diaryl/α,β-unsaturated/α-hetero) is 1. The molecule has 1 amide bonds. The Morgan fingerprint density at radius 2 is 2.09 bits per heavy atom. The first-order valence-corrected chi connectivity index (χ1v) is 10.0. The number of pyridine rings is 1. The molecule has 6 nitrogen and oxygen atoms in total. The minimum absolute atomic E-state index is 0.0146. The van der Waals surface area contributed by atoms with Gasteiger partial charge >= 0.3 is 0 Å². The Bertz CT molecular complexity index is 1560. The number of anilines is 1. The molecule has 0 saturated heterocycles. The van der Waals surface area contributed by atoms with Gasteiger partial charge < -0.3 is 10.4 Å². The summed E-state index contributed by atoms with van der Waals surface area (Å²) in [7, 11) is 0. The third kappa shape index (κ3) is 3.56. The van der Waals surface area contributed by atoms with Crippen molar-refractivity contribution in [2.75, 3.05) is 5.32 Å². The summed E-state index contributed by atoms with van der Waals surface area (Å²) in [4.78, 5) is 29.9. The van der Waals surface area contributed by atoms with Crippen molar-refractivity contribution in [3.63, 3.8) is 0 Å². The van der Waals surface area contributed by atoms with Gasteiger partial charge in [-0.1, -0.05) is 30.3 Å². The highest BCUT2D eigenvalue weighted by Gasteiger charge is 2.32. The van der Waals surface area contributed by atoms with Crippen molar-refractivity contribution >= 4 is 23.0 Å². The van der Waals surface area contributed by atoms with Gasteiger partial charge in [0.2, 0.25) is 0 Å². The zero-order valence-corrected chi connectivity index (χ0v) is 16.7. The van der Waals surface area contributed by atoms with Gasteiger partial charge in [0.25, 0.3) is 5.91 Å². The predicted octanol–water partition coefficient (Wildman–Crippen LogP) is 4.00. The Morgan fingerprint density at radius 1 is 1.25 bits per heavy atom. The summed E-state index contributed by atoms with van der Waals surface area (Å²) in [6.07, 6.45) is 0.339. The third-order valence-corrected chi connectivity index (χ3v) is 5.69. The molecule has 0 spiro atoms. The van der Waals surface area contributed by atoms with E-state index >= 15 is 0 Å². The molecule has 2 heterocycles. The number of rotatable bonds is 5. The summed E-state index contributed by atoms with van der Waals surface area (Å²) >= 11 is 0. The number of hydrogen-bond donors (Lipinski definition) is 2. The van der Waals surface area contributed by atoms with E-state index < -0.39 is 42.1 Å². The van der Waals surface area contributed by atoms with E-state index in [0.717, 1.165) is 27.8 Å². The lowest BCUT2D eigenvalue weighted by Crippen LogP contribution is -2.18. The number of ketones is 1. The molecule has 4 aromatic rings. The Kier molecular flexibility index (Phi) is 3.98. The molecule has 0 radical (unpaired) electrons. The van der Waals surface area contributed by atoms with Crippen molar-refractivity contribution in [3.8, 4) is 0 Å². The Labute approximate surface area is 189 Å². The Balaban J connectivity index is 1.41. The van der Waals surface area contributed by atoms with Crippen molar-refractivity contribution in [3.05, 3.63) is 101 Å². The molecule has 2 aromatic heterocycles. The highest BCUT2D eigenvalue weighted by molar-refractivity contribution is 6.04. The van der Waals surface area contributed by atoms with Gasteiger partial charge in [-0.25, -0.2) is 9.37 Å². The minimum atomic E-state index is -0.865. The average molecular weight is 433 g/mol. The van der Waals surface area contributed by atoms with Crippen LogP contribution in [-0.2, 0) is 6.42 Å². The van der Waals surface area contributed by atoms with Gasteiger partial charge in [-0.15, -0.1) is 0 Å². The molecular formula is C25H20FN3O3. The van der Waals surface area contributed by atoms with Crippen molar-refractivity contribution in [2.45, 2.75) is 24.9 Å². The molecule has 0 saturated carbocycles. The zero-order chi connectivity index (χ0) is 25.7. The molecule has 2 N–H and O–H groups in total. The van der Waals surface area contributed by atoms with Gasteiger partial charge in [0.05, 0.1) is 23.5 Å². The number of aromatic nitrogens is 2. The van der Waals surface area contributed by atoms with E-state index in [-0.39, 0.29) is 40.7 Å². The number of halogens is 1. The van der Waals surface area contributed by atoms with Gasteiger partial charge in [-0.3, -0.25) is 14.0 Å². The van der Waals surface area contributed by atoms with Gasteiger partial charge in [-0.2, -0.15) is 0 Å². The number of imidazole rings is 1. The van der Waals surface area contributed by atoms with Gasteiger partial charge in [0.1, 0.15) is 17.2 Å². The fourth-order valence-corrected chi connectivity index (χ4v) is 4.09. The second-order valence-electron chi connectivity index (χ2n) is 7.64. The maximum atomic E-state index is 14.6. The number of benzene rings is 2. The van der Waals surface area contributed by atoms with Crippen molar-refractivity contribution in [2.24, 2.45) is 0 Å². The molecular weight excluding hydrogens is 409 g/mol. The van der Waals surface area contributed by atoms with E-state index in [2.05, 4.69) is 10.3 Å². The molecule has 0 bridgehead atoms. The van der Waals surface area contributed by atoms with Crippen LogP contribution in [0.5, 0.6) is 0 Å². The molecule has 32 heavy (non-hydrogen) atoms. The number of fused-ring (bicyclic) bond motifs is 2. The fraction of sp³-hybridized carbons (Fsp3) is 0.160. The lowest BCUT2D eigenvalue weighted by Gasteiger charge is -2.15. The standard InChI is InChI=1S/C25H20FN3O3/c26-19-9-8-16(22(30)13-18-17-6-2-1-5-15(17)12-23(18)31)11-20(19)28-25(32)21-14-27-24-7-3-4-10-29(21)24/h1-11,14,18,23,31H,12-13H2,(H,28,32)/t18-,23+/m1/s1/i3D,4D,7D,10D. The van der Waals surface area contributed by atoms with Crippen LogP contribution < -0.4 is 5.32 Å². The molecule has 0 fully saturated rings. The number of amides is 1. The van der Waals surface area contributed by atoms with Crippen LogP contribution in [0.4, 0.5) is 10.1 Å². The number of hydrogen-bond acceptors (Lipinski definition) is 4.